The van der Waals surface area contributed by atoms with Gasteiger partial charge in [0.05, 0.1) is 0 Å². The molecule has 0 radical (unpaired) electrons. The van der Waals surface area contributed by atoms with Crippen molar-refractivity contribution in [1.82, 2.24) is 0 Å². The topological polar surface area (TPSA) is 0 Å². The minimum absolute atomic E-state index is 0.834. The zero-order valence-corrected chi connectivity index (χ0v) is 12.5. The molecule has 0 unspecified atom stereocenters. The molecule has 0 atom stereocenters. The first-order valence-electron chi connectivity index (χ1n) is 1.33. The Morgan fingerprint density at radius 3 is 2.75 bits per heavy atom. The van der Waals surface area contributed by atoms with Crippen molar-refractivity contribution in [3.8, 4) is 0 Å². The van der Waals surface area contributed by atoms with Crippen LogP contribution in [0.25, 0.3) is 0 Å². The summed E-state index contributed by atoms with van der Waals surface area (Å²) in [5.74, 6) is 0. The molecule has 0 aromatic carbocycles. The van der Waals surface area contributed by atoms with Gasteiger partial charge in [0.15, 0.2) is 0 Å². The fraction of sp³-hybridized carbons (Fsp3) is 0. The van der Waals surface area contributed by atoms with Gasteiger partial charge in [0.1, 0.15) is 0 Å². The number of hydrogen-bond donors (Lipinski definition) is 0. The standard InChI is InChI=1S/S5Se3/c1-2-4-7-8-5-6-3-1. The molecule has 0 spiro atoms. The van der Waals surface area contributed by atoms with E-state index in [1.165, 1.54) is 0 Å². The first kappa shape index (κ1) is 9.40. The van der Waals surface area contributed by atoms with Gasteiger partial charge in [-0.2, -0.15) is 0 Å². The molecule has 0 aromatic rings. The molecule has 8 heteroatoms. The predicted octanol–water partition coefficient (Wildman–Crippen LogP) is 2.10. The third-order valence-corrected chi connectivity index (χ3v) is 45.9. The van der Waals surface area contributed by atoms with Gasteiger partial charge in [-0.3, -0.25) is 0 Å². The van der Waals surface area contributed by atoms with Gasteiger partial charge in [0.2, 0.25) is 0 Å². The molecule has 1 rings (SSSR count). The summed E-state index contributed by atoms with van der Waals surface area (Å²) in [4.78, 5) is 0. The molecule has 1 aliphatic rings. The van der Waals surface area contributed by atoms with Crippen molar-refractivity contribution < 1.29 is 0 Å². The molecule has 48 valence electrons. The van der Waals surface area contributed by atoms with Crippen LogP contribution in [0.2, 0.25) is 0 Å². The minimum atomic E-state index is 0.834. The normalized spacial score (nSPS) is 24.0. The molecule has 1 aliphatic heterocycles. The van der Waals surface area contributed by atoms with Crippen LogP contribution >= 0.6 is 46.7 Å². The molecule has 0 nitrogen and oxygen atoms in total. The summed E-state index contributed by atoms with van der Waals surface area (Å²) in [6.07, 6.45) is 0. The summed E-state index contributed by atoms with van der Waals surface area (Å²) in [7, 11) is 10.2. The van der Waals surface area contributed by atoms with Crippen molar-refractivity contribution >= 4 is 83.4 Å². The van der Waals surface area contributed by atoms with Crippen molar-refractivity contribution in [3.63, 3.8) is 0 Å². The van der Waals surface area contributed by atoms with E-state index < -0.39 is 0 Å². The molecule has 0 N–H and O–H groups in total. The second-order valence-corrected chi connectivity index (χ2v) is 29.8. The number of hydrogen-bond acceptors (Lipinski definition) is 5. The van der Waals surface area contributed by atoms with Gasteiger partial charge in [-0.25, -0.2) is 0 Å². The van der Waals surface area contributed by atoms with Crippen molar-refractivity contribution in [3.05, 3.63) is 0 Å². The summed E-state index contributed by atoms with van der Waals surface area (Å²) >= 11 is 2.69. The molecule has 1 heterocycles. The maximum atomic E-state index is 2.19. The molecule has 1 fully saturated rings. The molecule has 0 aromatic heterocycles. The number of rotatable bonds is 0. The Morgan fingerprint density at radius 2 is 1.75 bits per heavy atom. The summed E-state index contributed by atoms with van der Waals surface area (Å²) < 4.78 is 0. The van der Waals surface area contributed by atoms with Crippen LogP contribution in [0.3, 0.4) is 0 Å². The second-order valence-electron chi connectivity index (χ2n) is 0.544. The zero-order valence-electron chi connectivity index (χ0n) is 3.27. The summed E-state index contributed by atoms with van der Waals surface area (Å²) in [5.41, 5.74) is 0. The van der Waals surface area contributed by atoms with Gasteiger partial charge in [0, 0.05) is 0 Å². The Hall–Kier alpha value is 3.31. The summed E-state index contributed by atoms with van der Waals surface area (Å²) in [6.45, 7) is 0. The van der Waals surface area contributed by atoms with Gasteiger partial charge >= 0.3 is 83.4 Å². The molecule has 0 aliphatic carbocycles. The van der Waals surface area contributed by atoms with Crippen LogP contribution in [-0.4, -0.2) is 36.7 Å². The SMILES string of the molecule is S1SS[Se][Se]S[Se]S1. The Labute approximate surface area is 81.8 Å². The Morgan fingerprint density at radius 1 is 0.875 bits per heavy atom. The van der Waals surface area contributed by atoms with Crippen molar-refractivity contribution in [2.75, 3.05) is 0 Å². The molecule has 1 saturated heterocycles. The summed E-state index contributed by atoms with van der Waals surface area (Å²) in [6, 6.07) is 0. The van der Waals surface area contributed by atoms with Gasteiger partial charge in [-0.1, -0.05) is 0 Å². The first-order chi connectivity index (χ1) is 4.00. The fourth-order valence-electron chi connectivity index (χ4n) is 0.0907. The van der Waals surface area contributed by atoms with E-state index >= 15 is 0 Å². The van der Waals surface area contributed by atoms with Crippen LogP contribution in [0.5, 0.6) is 0 Å². The van der Waals surface area contributed by atoms with Crippen LogP contribution in [0.15, 0.2) is 0 Å². The average molecular weight is 397 g/mol. The molecular weight excluding hydrogens is 397 g/mol. The van der Waals surface area contributed by atoms with Crippen molar-refractivity contribution in [2.24, 2.45) is 0 Å². The Balaban J connectivity index is 2.00. The van der Waals surface area contributed by atoms with Crippen molar-refractivity contribution in [2.45, 2.75) is 0 Å². The second kappa shape index (κ2) is 6.98. The van der Waals surface area contributed by atoms with Gasteiger partial charge < -0.3 is 0 Å². The van der Waals surface area contributed by atoms with E-state index in [1.54, 1.807) is 0 Å². The fourth-order valence-corrected chi connectivity index (χ4v) is 67.8. The monoisotopic (exact) mass is 400 g/mol. The van der Waals surface area contributed by atoms with E-state index in [2.05, 4.69) is 17.8 Å². The van der Waals surface area contributed by atoms with E-state index in [0.717, 1.165) is 36.7 Å². The Kier molecular flexibility index (Phi) is 8.20. The van der Waals surface area contributed by atoms with E-state index in [0.29, 0.717) is 0 Å². The van der Waals surface area contributed by atoms with E-state index in [-0.39, 0.29) is 0 Å². The van der Waals surface area contributed by atoms with Crippen LogP contribution in [-0.2, 0) is 0 Å². The molecule has 0 saturated carbocycles. The first-order valence-corrected chi connectivity index (χ1v) is 19.4. The van der Waals surface area contributed by atoms with Gasteiger partial charge in [0.25, 0.3) is 0 Å². The third-order valence-electron chi connectivity index (χ3n) is 0.222. The third kappa shape index (κ3) is 5.02. The van der Waals surface area contributed by atoms with E-state index in [1.807, 2.05) is 28.9 Å². The molecule has 0 bridgehead atoms. The van der Waals surface area contributed by atoms with Crippen LogP contribution in [0, 0.1) is 0 Å². The van der Waals surface area contributed by atoms with Gasteiger partial charge in [-0.05, 0) is 0 Å². The van der Waals surface area contributed by atoms with Crippen LogP contribution in [0.1, 0.15) is 0 Å². The van der Waals surface area contributed by atoms with E-state index in [4.69, 9.17) is 0 Å². The Bertz CT molecular complexity index is 31.6. The summed E-state index contributed by atoms with van der Waals surface area (Å²) in [5, 5.41) is 0. The maximum absolute atomic E-state index is 2.19. The molecular formula is S5Se3. The quantitative estimate of drug-likeness (QED) is 0.452. The van der Waals surface area contributed by atoms with Crippen LogP contribution in [0.4, 0.5) is 0 Å². The van der Waals surface area contributed by atoms with E-state index in [9.17, 15) is 0 Å². The predicted molar refractivity (Wildman–Crippen MR) is 55.2 cm³/mol. The zero-order chi connectivity index (χ0) is 5.66. The van der Waals surface area contributed by atoms with Crippen LogP contribution < -0.4 is 0 Å². The average Bonchev–Trinajstić information content (AvgIpc) is 1.62. The molecule has 0 amide bonds. The van der Waals surface area contributed by atoms with Crippen molar-refractivity contribution in [1.29, 1.82) is 0 Å². The van der Waals surface area contributed by atoms with Gasteiger partial charge in [-0.15, -0.1) is 0 Å². The molecule has 8 heavy (non-hydrogen) atoms.